The van der Waals surface area contributed by atoms with Crippen molar-refractivity contribution in [1.29, 1.82) is 0 Å². The van der Waals surface area contributed by atoms with Gasteiger partial charge in [0.05, 0.1) is 6.61 Å². The molecule has 0 unspecified atom stereocenters. The fourth-order valence-electron chi connectivity index (χ4n) is 2.96. The zero-order valence-corrected chi connectivity index (χ0v) is 14.2. The average Bonchev–Trinajstić information content (AvgIpc) is 3.13. The molecule has 0 radical (unpaired) electrons. The fraction of sp³-hybridized carbons (Fsp3) is 0.500. The lowest BCUT2D eigenvalue weighted by atomic mass is 10.2. The second-order valence-corrected chi connectivity index (χ2v) is 6.91. The number of aryl methyl sites for hydroxylation is 1. The summed E-state index contributed by atoms with van der Waals surface area (Å²) in [4.78, 5) is 7.08. The van der Waals surface area contributed by atoms with Crippen LogP contribution in [0.15, 0.2) is 29.6 Å². The number of ether oxygens (including phenoxy) is 1. The Bertz CT molecular complexity index is 593. The first-order valence-electron chi connectivity index (χ1n) is 8.12. The van der Waals surface area contributed by atoms with Crippen molar-refractivity contribution in [3.8, 4) is 16.3 Å². The van der Waals surface area contributed by atoms with Gasteiger partial charge >= 0.3 is 0 Å². The third-order valence-electron chi connectivity index (χ3n) is 4.27. The minimum atomic E-state index is 0.751. The number of rotatable bonds is 6. The molecule has 0 aliphatic carbocycles. The first-order valence-corrected chi connectivity index (χ1v) is 9.00. The lowest BCUT2D eigenvalue weighted by molar-refractivity contribution is 0.230. The molecule has 0 saturated carbocycles. The van der Waals surface area contributed by atoms with Gasteiger partial charge in [0.25, 0.3) is 0 Å². The van der Waals surface area contributed by atoms with Gasteiger partial charge in [-0.15, -0.1) is 11.3 Å². The summed E-state index contributed by atoms with van der Waals surface area (Å²) in [6.45, 7) is 7.55. The maximum absolute atomic E-state index is 5.85. The van der Waals surface area contributed by atoms with Crippen molar-refractivity contribution in [2.45, 2.75) is 39.2 Å². The van der Waals surface area contributed by atoms with E-state index in [1.807, 2.05) is 19.1 Å². The minimum absolute atomic E-state index is 0.751. The predicted molar refractivity (Wildman–Crippen MR) is 92.7 cm³/mol. The number of likely N-dealkylation sites (tertiary alicyclic amines) is 1. The van der Waals surface area contributed by atoms with E-state index in [1.165, 1.54) is 19.4 Å². The van der Waals surface area contributed by atoms with E-state index in [2.05, 4.69) is 34.3 Å². The third-order valence-corrected chi connectivity index (χ3v) is 5.28. The highest BCUT2D eigenvalue weighted by Crippen LogP contribution is 2.25. The Morgan fingerprint density at radius 3 is 2.77 bits per heavy atom. The molecular weight excluding hydrogens is 292 g/mol. The van der Waals surface area contributed by atoms with Crippen LogP contribution in [0.4, 0.5) is 0 Å². The summed E-state index contributed by atoms with van der Waals surface area (Å²) in [7, 11) is 0. The quantitative estimate of drug-likeness (QED) is 0.740. The molecule has 1 saturated heterocycles. The van der Waals surface area contributed by atoms with E-state index in [1.54, 1.807) is 11.3 Å². The highest BCUT2D eigenvalue weighted by atomic mass is 32.1. The number of nitrogens with zero attached hydrogens (tertiary/aromatic N) is 2. The number of benzene rings is 1. The SMILES string of the molecule is Cc1csc(-c2ccc(OCCCN3CCC[C@@H]3C)cc2)n1. The van der Waals surface area contributed by atoms with Crippen molar-refractivity contribution in [2.24, 2.45) is 0 Å². The van der Waals surface area contributed by atoms with E-state index in [0.29, 0.717) is 0 Å². The van der Waals surface area contributed by atoms with E-state index < -0.39 is 0 Å². The van der Waals surface area contributed by atoms with Crippen LogP contribution in [-0.2, 0) is 0 Å². The molecule has 0 spiro atoms. The molecule has 1 aliphatic rings. The van der Waals surface area contributed by atoms with Gasteiger partial charge in [-0.25, -0.2) is 4.98 Å². The summed E-state index contributed by atoms with van der Waals surface area (Å²) in [5, 5.41) is 3.16. The van der Waals surface area contributed by atoms with Crippen molar-refractivity contribution in [3.05, 3.63) is 35.3 Å². The second-order valence-electron chi connectivity index (χ2n) is 6.05. The molecule has 2 heterocycles. The number of hydrogen-bond donors (Lipinski definition) is 0. The standard InChI is InChI=1S/C18H24N2OS/c1-14-13-22-18(19-14)16-6-8-17(9-7-16)21-12-4-11-20-10-3-5-15(20)2/h6-9,13,15H,3-5,10-12H2,1-2H3/t15-/m0/s1. The summed E-state index contributed by atoms with van der Waals surface area (Å²) in [5.41, 5.74) is 2.24. The average molecular weight is 316 g/mol. The van der Waals surface area contributed by atoms with Crippen molar-refractivity contribution < 1.29 is 4.74 Å². The maximum Gasteiger partial charge on any atom is 0.123 e. The molecule has 1 atom stereocenters. The lowest BCUT2D eigenvalue weighted by Gasteiger charge is -2.20. The topological polar surface area (TPSA) is 25.4 Å². The Hall–Kier alpha value is -1.39. The highest BCUT2D eigenvalue weighted by molar-refractivity contribution is 7.13. The zero-order valence-electron chi connectivity index (χ0n) is 13.4. The predicted octanol–water partition coefficient (Wildman–Crippen LogP) is 4.37. The Morgan fingerprint density at radius 1 is 1.32 bits per heavy atom. The smallest absolute Gasteiger partial charge is 0.123 e. The zero-order chi connectivity index (χ0) is 15.4. The molecule has 0 amide bonds. The lowest BCUT2D eigenvalue weighted by Crippen LogP contribution is -2.28. The molecule has 22 heavy (non-hydrogen) atoms. The molecule has 3 nitrogen and oxygen atoms in total. The Kier molecular flexibility index (Phi) is 5.11. The number of hydrogen-bond acceptors (Lipinski definition) is 4. The summed E-state index contributed by atoms with van der Waals surface area (Å²) in [6.07, 6.45) is 3.79. The van der Waals surface area contributed by atoms with Gasteiger partial charge in [0.2, 0.25) is 0 Å². The van der Waals surface area contributed by atoms with E-state index >= 15 is 0 Å². The molecule has 118 valence electrons. The van der Waals surface area contributed by atoms with E-state index in [4.69, 9.17) is 4.74 Å². The van der Waals surface area contributed by atoms with Gasteiger partial charge in [-0.05, 0) is 63.9 Å². The monoisotopic (exact) mass is 316 g/mol. The first kappa shape index (κ1) is 15.5. The summed E-state index contributed by atoms with van der Waals surface area (Å²) < 4.78 is 5.85. The van der Waals surface area contributed by atoms with Crippen LogP contribution in [-0.4, -0.2) is 35.6 Å². The van der Waals surface area contributed by atoms with Crippen LogP contribution in [0, 0.1) is 6.92 Å². The van der Waals surface area contributed by atoms with Gasteiger partial charge in [-0.2, -0.15) is 0 Å². The van der Waals surface area contributed by atoms with Crippen LogP contribution >= 0.6 is 11.3 Å². The Balaban J connectivity index is 1.45. The van der Waals surface area contributed by atoms with Gasteiger partial charge in [-0.3, -0.25) is 0 Å². The first-order chi connectivity index (χ1) is 10.7. The van der Waals surface area contributed by atoms with Crippen LogP contribution in [0.3, 0.4) is 0 Å². The molecule has 1 aliphatic heterocycles. The van der Waals surface area contributed by atoms with Crippen LogP contribution in [0.5, 0.6) is 5.75 Å². The maximum atomic E-state index is 5.85. The molecule has 0 N–H and O–H groups in total. The summed E-state index contributed by atoms with van der Waals surface area (Å²) >= 11 is 1.69. The van der Waals surface area contributed by atoms with E-state index in [0.717, 1.165) is 47.6 Å². The highest BCUT2D eigenvalue weighted by Gasteiger charge is 2.18. The van der Waals surface area contributed by atoms with Gasteiger partial charge in [0.1, 0.15) is 10.8 Å². The van der Waals surface area contributed by atoms with E-state index in [-0.39, 0.29) is 0 Å². The van der Waals surface area contributed by atoms with Crippen molar-refractivity contribution >= 4 is 11.3 Å². The molecule has 4 heteroatoms. The normalized spacial score (nSPS) is 18.7. The van der Waals surface area contributed by atoms with Crippen molar-refractivity contribution in [2.75, 3.05) is 19.7 Å². The van der Waals surface area contributed by atoms with E-state index in [9.17, 15) is 0 Å². The van der Waals surface area contributed by atoms with Gasteiger partial charge in [0.15, 0.2) is 0 Å². The molecular formula is C18H24N2OS. The van der Waals surface area contributed by atoms with Crippen molar-refractivity contribution in [3.63, 3.8) is 0 Å². The molecule has 3 rings (SSSR count). The number of thiazole rings is 1. The van der Waals surface area contributed by atoms with Gasteiger partial charge in [0, 0.05) is 29.2 Å². The Labute approximate surface area is 137 Å². The van der Waals surface area contributed by atoms with Crippen LogP contribution in [0.1, 0.15) is 31.9 Å². The molecule has 1 aromatic heterocycles. The second kappa shape index (κ2) is 7.25. The van der Waals surface area contributed by atoms with Gasteiger partial charge < -0.3 is 9.64 Å². The van der Waals surface area contributed by atoms with Crippen LogP contribution < -0.4 is 4.74 Å². The summed E-state index contributed by atoms with van der Waals surface area (Å²) in [5.74, 6) is 0.950. The largest absolute Gasteiger partial charge is 0.494 e. The fourth-order valence-corrected chi connectivity index (χ4v) is 3.77. The number of aromatic nitrogens is 1. The molecule has 1 aromatic carbocycles. The third kappa shape index (κ3) is 3.87. The minimum Gasteiger partial charge on any atom is -0.494 e. The molecule has 1 fully saturated rings. The Morgan fingerprint density at radius 2 is 2.14 bits per heavy atom. The van der Waals surface area contributed by atoms with Crippen molar-refractivity contribution in [1.82, 2.24) is 9.88 Å². The molecule has 2 aromatic rings. The van der Waals surface area contributed by atoms with Crippen LogP contribution in [0.2, 0.25) is 0 Å². The van der Waals surface area contributed by atoms with Crippen LogP contribution in [0.25, 0.3) is 10.6 Å². The van der Waals surface area contributed by atoms with Gasteiger partial charge in [-0.1, -0.05) is 0 Å². The molecule has 0 bridgehead atoms. The summed E-state index contributed by atoms with van der Waals surface area (Å²) in [6, 6.07) is 9.03.